The van der Waals surface area contributed by atoms with Crippen LogP contribution in [0.15, 0.2) is 17.6 Å². The number of methoxy groups -OCH3 is 1. The van der Waals surface area contributed by atoms with Gasteiger partial charge in [0.05, 0.1) is 17.2 Å². The van der Waals surface area contributed by atoms with Crippen LogP contribution in [0.25, 0.3) is 0 Å². The Bertz CT molecular complexity index is 604. The summed E-state index contributed by atoms with van der Waals surface area (Å²) < 4.78 is 6.98. The highest BCUT2D eigenvalue weighted by atomic mass is 32.1. The lowest BCUT2D eigenvalue weighted by atomic mass is 10.2. The molecule has 0 unspecified atom stereocenters. The molecule has 1 amide bonds. The summed E-state index contributed by atoms with van der Waals surface area (Å²) in [5.74, 6) is -0.0509. The van der Waals surface area contributed by atoms with Crippen molar-refractivity contribution in [3.8, 4) is 0 Å². The molecule has 21 heavy (non-hydrogen) atoms. The Kier molecular flexibility index (Phi) is 5.52. The third kappa shape index (κ3) is 4.15. The molecule has 2 heterocycles. The maximum Gasteiger partial charge on any atom is 0.261 e. The Morgan fingerprint density at radius 2 is 2.33 bits per heavy atom. The zero-order chi connectivity index (χ0) is 15.2. The van der Waals surface area contributed by atoms with E-state index >= 15 is 0 Å². The molecule has 0 aliphatic heterocycles. The van der Waals surface area contributed by atoms with Crippen molar-refractivity contribution in [3.05, 3.63) is 39.3 Å². The second-order valence-electron chi connectivity index (χ2n) is 4.94. The maximum absolute atomic E-state index is 12.1. The van der Waals surface area contributed by atoms with Crippen molar-refractivity contribution in [3.63, 3.8) is 0 Å². The largest absolute Gasteiger partial charge is 0.380 e. The van der Waals surface area contributed by atoms with E-state index in [1.807, 2.05) is 29.2 Å². The van der Waals surface area contributed by atoms with Gasteiger partial charge in [-0.1, -0.05) is 6.92 Å². The van der Waals surface area contributed by atoms with Gasteiger partial charge in [-0.2, -0.15) is 5.10 Å². The summed E-state index contributed by atoms with van der Waals surface area (Å²) in [4.78, 5) is 12.8. The van der Waals surface area contributed by atoms with Crippen LogP contribution in [0.5, 0.6) is 0 Å². The molecule has 0 atom stereocenters. The van der Waals surface area contributed by atoms with Gasteiger partial charge in [0.25, 0.3) is 5.91 Å². The summed E-state index contributed by atoms with van der Waals surface area (Å²) in [6.45, 7) is 6.03. The molecule has 5 nitrogen and oxygen atoms in total. The highest BCUT2D eigenvalue weighted by Gasteiger charge is 2.11. The SMILES string of the molecule is CCCn1cc(CNC(=O)c2cc(COC)cs2)c(C)n1. The monoisotopic (exact) mass is 307 g/mol. The molecular formula is C15H21N3O2S. The number of aromatic nitrogens is 2. The van der Waals surface area contributed by atoms with Gasteiger partial charge in [0.2, 0.25) is 0 Å². The first-order valence-corrected chi connectivity index (χ1v) is 7.89. The lowest BCUT2D eigenvalue weighted by Crippen LogP contribution is -2.22. The van der Waals surface area contributed by atoms with E-state index in [1.54, 1.807) is 7.11 Å². The summed E-state index contributed by atoms with van der Waals surface area (Å²) in [5.41, 5.74) is 3.06. The first-order chi connectivity index (χ1) is 10.1. The average Bonchev–Trinajstić information content (AvgIpc) is 3.04. The van der Waals surface area contributed by atoms with Crippen LogP contribution in [-0.2, 0) is 24.4 Å². The van der Waals surface area contributed by atoms with Crippen molar-refractivity contribution in [2.24, 2.45) is 0 Å². The number of carbonyl (C=O) groups is 1. The summed E-state index contributed by atoms with van der Waals surface area (Å²) in [7, 11) is 1.65. The molecule has 2 aromatic rings. The molecule has 2 rings (SSSR count). The van der Waals surface area contributed by atoms with Gasteiger partial charge in [0.15, 0.2) is 0 Å². The van der Waals surface area contributed by atoms with E-state index in [9.17, 15) is 4.79 Å². The number of aryl methyl sites for hydroxylation is 2. The Morgan fingerprint density at radius 1 is 1.52 bits per heavy atom. The van der Waals surface area contributed by atoms with Crippen LogP contribution in [0, 0.1) is 6.92 Å². The molecule has 6 heteroatoms. The Labute approximate surface area is 128 Å². The van der Waals surface area contributed by atoms with Crippen molar-refractivity contribution in [1.29, 1.82) is 0 Å². The van der Waals surface area contributed by atoms with E-state index in [2.05, 4.69) is 17.3 Å². The molecule has 0 aromatic carbocycles. The number of thiophene rings is 1. The van der Waals surface area contributed by atoms with Gasteiger partial charge in [-0.3, -0.25) is 9.48 Å². The number of ether oxygens (including phenoxy) is 1. The van der Waals surface area contributed by atoms with Gasteiger partial charge >= 0.3 is 0 Å². The molecule has 0 aliphatic carbocycles. The summed E-state index contributed by atoms with van der Waals surface area (Å²) in [6.07, 6.45) is 3.05. The molecule has 0 radical (unpaired) electrons. The molecule has 0 aliphatic rings. The number of carbonyl (C=O) groups excluding carboxylic acids is 1. The van der Waals surface area contributed by atoms with E-state index in [0.29, 0.717) is 18.0 Å². The number of nitrogens with zero attached hydrogens (tertiary/aromatic N) is 2. The van der Waals surface area contributed by atoms with Gasteiger partial charge in [-0.15, -0.1) is 11.3 Å². The Hall–Kier alpha value is -1.66. The van der Waals surface area contributed by atoms with Crippen molar-refractivity contribution < 1.29 is 9.53 Å². The molecule has 0 spiro atoms. The molecule has 0 saturated heterocycles. The van der Waals surface area contributed by atoms with Crippen LogP contribution < -0.4 is 5.32 Å². The van der Waals surface area contributed by atoms with Gasteiger partial charge in [-0.25, -0.2) is 0 Å². The second-order valence-corrected chi connectivity index (χ2v) is 5.85. The highest BCUT2D eigenvalue weighted by molar-refractivity contribution is 7.12. The average molecular weight is 307 g/mol. The molecule has 1 N–H and O–H groups in total. The molecule has 0 bridgehead atoms. The topological polar surface area (TPSA) is 56.2 Å². The van der Waals surface area contributed by atoms with Crippen LogP contribution in [0.2, 0.25) is 0 Å². The summed E-state index contributed by atoms with van der Waals surface area (Å²) >= 11 is 1.44. The minimum Gasteiger partial charge on any atom is -0.380 e. The number of hydrogen-bond acceptors (Lipinski definition) is 4. The quantitative estimate of drug-likeness (QED) is 0.855. The van der Waals surface area contributed by atoms with Crippen LogP contribution >= 0.6 is 11.3 Å². The van der Waals surface area contributed by atoms with Crippen LogP contribution in [0.3, 0.4) is 0 Å². The number of hydrogen-bond donors (Lipinski definition) is 1. The van der Waals surface area contributed by atoms with Crippen LogP contribution in [0.1, 0.15) is 39.8 Å². The Morgan fingerprint density at radius 3 is 3.05 bits per heavy atom. The fraction of sp³-hybridized carbons (Fsp3) is 0.467. The normalized spacial score (nSPS) is 10.8. The predicted octanol–water partition coefficient (Wildman–Crippen LogP) is 2.74. The summed E-state index contributed by atoms with van der Waals surface area (Å²) in [6, 6.07) is 1.87. The molecule has 114 valence electrons. The van der Waals surface area contributed by atoms with Crippen molar-refractivity contribution in [2.75, 3.05) is 7.11 Å². The summed E-state index contributed by atoms with van der Waals surface area (Å²) in [5, 5.41) is 9.32. The first-order valence-electron chi connectivity index (χ1n) is 7.01. The maximum atomic E-state index is 12.1. The van der Waals surface area contributed by atoms with Gasteiger partial charge in [0.1, 0.15) is 0 Å². The fourth-order valence-corrected chi connectivity index (χ4v) is 2.89. The van der Waals surface area contributed by atoms with E-state index in [-0.39, 0.29) is 5.91 Å². The van der Waals surface area contributed by atoms with Gasteiger partial charge in [-0.05, 0) is 30.4 Å². The Balaban J connectivity index is 1.93. The van der Waals surface area contributed by atoms with E-state index in [1.165, 1.54) is 11.3 Å². The smallest absolute Gasteiger partial charge is 0.261 e. The van der Waals surface area contributed by atoms with Crippen molar-refractivity contribution >= 4 is 17.2 Å². The first kappa shape index (κ1) is 15.7. The van der Waals surface area contributed by atoms with Crippen LogP contribution in [-0.4, -0.2) is 22.8 Å². The molecule has 2 aromatic heterocycles. The predicted molar refractivity (Wildman–Crippen MR) is 83.5 cm³/mol. The minimum atomic E-state index is -0.0509. The lowest BCUT2D eigenvalue weighted by molar-refractivity contribution is 0.0954. The number of nitrogens with one attached hydrogen (secondary N) is 1. The molecule has 0 fully saturated rings. The van der Waals surface area contributed by atoms with E-state index in [4.69, 9.17) is 4.74 Å². The minimum absolute atomic E-state index is 0.0509. The lowest BCUT2D eigenvalue weighted by Gasteiger charge is -2.02. The number of rotatable bonds is 7. The standard InChI is InChI=1S/C15H21N3O2S/c1-4-5-18-8-13(11(2)17-18)7-16-15(19)14-6-12(9-20-3)10-21-14/h6,8,10H,4-5,7,9H2,1-3H3,(H,16,19). The third-order valence-corrected chi connectivity index (χ3v) is 4.11. The zero-order valence-corrected chi connectivity index (χ0v) is 13.5. The third-order valence-electron chi connectivity index (χ3n) is 3.13. The van der Waals surface area contributed by atoms with Crippen LogP contribution in [0.4, 0.5) is 0 Å². The molecule has 0 saturated carbocycles. The second kappa shape index (κ2) is 7.38. The van der Waals surface area contributed by atoms with Crippen molar-refractivity contribution in [2.45, 2.75) is 40.0 Å². The van der Waals surface area contributed by atoms with Crippen molar-refractivity contribution in [1.82, 2.24) is 15.1 Å². The molecular weight excluding hydrogens is 286 g/mol. The fourth-order valence-electron chi connectivity index (χ4n) is 2.08. The highest BCUT2D eigenvalue weighted by Crippen LogP contribution is 2.15. The van der Waals surface area contributed by atoms with E-state index in [0.717, 1.165) is 29.8 Å². The van der Waals surface area contributed by atoms with E-state index < -0.39 is 0 Å². The van der Waals surface area contributed by atoms with Gasteiger partial charge < -0.3 is 10.1 Å². The van der Waals surface area contributed by atoms with Gasteiger partial charge in [0, 0.05) is 32.0 Å². The zero-order valence-electron chi connectivity index (χ0n) is 12.7. The number of amides is 1.